The molecule has 0 aliphatic carbocycles. The third-order valence-electron chi connectivity index (χ3n) is 3.41. The third-order valence-corrected chi connectivity index (χ3v) is 4.72. The number of rotatable bonds is 4. The quantitative estimate of drug-likeness (QED) is 0.650. The van der Waals surface area contributed by atoms with Gasteiger partial charge in [-0.3, -0.25) is 14.6 Å². The van der Waals surface area contributed by atoms with Gasteiger partial charge in [0.25, 0.3) is 5.91 Å². The first kappa shape index (κ1) is 17.0. The molecule has 0 bridgehead atoms. The SMILES string of the molecule is Cc1cc(NC(=O)c2[nH]ncc2Br)nn1Cc1c(Cl)cccc1Cl. The Morgan fingerprint density at radius 1 is 1.38 bits per heavy atom. The van der Waals surface area contributed by atoms with Crippen LogP contribution in [0.15, 0.2) is 34.9 Å². The maximum absolute atomic E-state index is 12.2. The minimum absolute atomic E-state index is 0.330. The van der Waals surface area contributed by atoms with Crippen LogP contribution in [-0.2, 0) is 6.54 Å². The van der Waals surface area contributed by atoms with Crippen molar-refractivity contribution in [2.75, 3.05) is 5.32 Å². The number of H-pyrrole nitrogens is 1. The first-order valence-electron chi connectivity index (χ1n) is 6.93. The molecule has 0 atom stereocenters. The third kappa shape index (κ3) is 3.48. The van der Waals surface area contributed by atoms with Gasteiger partial charge in [-0.2, -0.15) is 10.2 Å². The van der Waals surface area contributed by atoms with E-state index in [0.717, 1.165) is 11.3 Å². The van der Waals surface area contributed by atoms with Crippen molar-refractivity contribution in [3.8, 4) is 0 Å². The molecule has 0 fully saturated rings. The van der Waals surface area contributed by atoms with E-state index < -0.39 is 0 Å². The van der Waals surface area contributed by atoms with E-state index in [9.17, 15) is 4.79 Å². The van der Waals surface area contributed by atoms with E-state index in [1.165, 1.54) is 6.20 Å². The Labute approximate surface area is 156 Å². The number of aromatic amines is 1. The number of nitrogens with zero attached hydrogens (tertiary/aromatic N) is 3. The van der Waals surface area contributed by atoms with Crippen molar-refractivity contribution in [2.45, 2.75) is 13.5 Å². The average molecular weight is 429 g/mol. The summed E-state index contributed by atoms with van der Waals surface area (Å²) >= 11 is 15.6. The highest BCUT2D eigenvalue weighted by Crippen LogP contribution is 2.26. The van der Waals surface area contributed by atoms with Crippen LogP contribution < -0.4 is 5.32 Å². The molecule has 0 saturated carbocycles. The number of aryl methyl sites for hydroxylation is 1. The zero-order chi connectivity index (χ0) is 17.3. The van der Waals surface area contributed by atoms with Crippen molar-refractivity contribution in [3.05, 3.63) is 61.9 Å². The van der Waals surface area contributed by atoms with Crippen molar-refractivity contribution in [1.29, 1.82) is 0 Å². The van der Waals surface area contributed by atoms with Crippen LogP contribution >= 0.6 is 39.1 Å². The van der Waals surface area contributed by atoms with E-state index in [0.29, 0.717) is 32.6 Å². The van der Waals surface area contributed by atoms with Gasteiger partial charge in [0.2, 0.25) is 0 Å². The number of halogens is 3. The standard InChI is InChI=1S/C15H12BrCl2N5O/c1-8-5-13(20-15(24)14-10(16)6-19-21-14)22-23(8)7-9-11(17)3-2-4-12(9)18/h2-6H,7H2,1H3,(H,19,21)(H,20,22,24). The van der Waals surface area contributed by atoms with E-state index in [-0.39, 0.29) is 5.91 Å². The van der Waals surface area contributed by atoms with Gasteiger partial charge < -0.3 is 5.32 Å². The molecule has 3 rings (SSSR count). The molecule has 0 radical (unpaired) electrons. The van der Waals surface area contributed by atoms with Crippen molar-refractivity contribution in [3.63, 3.8) is 0 Å². The highest BCUT2D eigenvalue weighted by Gasteiger charge is 2.15. The number of anilines is 1. The zero-order valence-corrected chi connectivity index (χ0v) is 15.6. The van der Waals surface area contributed by atoms with Gasteiger partial charge in [0.1, 0.15) is 5.69 Å². The van der Waals surface area contributed by atoms with Crippen LogP contribution in [0.3, 0.4) is 0 Å². The fourth-order valence-electron chi connectivity index (χ4n) is 2.17. The highest BCUT2D eigenvalue weighted by molar-refractivity contribution is 9.10. The fourth-order valence-corrected chi connectivity index (χ4v) is 3.06. The van der Waals surface area contributed by atoms with Crippen LogP contribution in [0.4, 0.5) is 5.82 Å². The van der Waals surface area contributed by atoms with Gasteiger partial charge in [0, 0.05) is 27.4 Å². The van der Waals surface area contributed by atoms with Gasteiger partial charge in [0.05, 0.1) is 17.2 Å². The molecule has 1 aromatic carbocycles. The number of benzene rings is 1. The van der Waals surface area contributed by atoms with Crippen LogP contribution in [0.1, 0.15) is 21.7 Å². The molecule has 3 aromatic rings. The van der Waals surface area contributed by atoms with E-state index in [2.05, 4.69) is 36.5 Å². The molecule has 0 aliphatic rings. The number of aromatic nitrogens is 4. The first-order valence-corrected chi connectivity index (χ1v) is 8.48. The van der Waals surface area contributed by atoms with E-state index >= 15 is 0 Å². The van der Waals surface area contributed by atoms with Crippen LogP contribution in [0.2, 0.25) is 10.0 Å². The van der Waals surface area contributed by atoms with Gasteiger partial charge in [-0.05, 0) is 35.0 Å². The molecular weight excluding hydrogens is 417 g/mol. The maximum Gasteiger partial charge on any atom is 0.276 e. The molecule has 124 valence electrons. The lowest BCUT2D eigenvalue weighted by Gasteiger charge is -2.08. The normalized spacial score (nSPS) is 10.8. The van der Waals surface area contributed by atoms with Crippen LogP contribution in [0, 0.1) is 6.92 Å². The van der Waals surface area contributed by atoms with Gasteiger partial charge >= 0.3 is 0 Å². The molecule has 0 aliphatic heterocycles. The Morgan fingerprint density at radius 3 is 2.71 bits per heavy atom. The molecule has 24 heavy (non-hydrogen) atoms. The second-order valence-corrected chi connectivity index (χ2v) is 6.74. The lowest BCUT2D eigenvalue weighted by molar-refractivity contribution is 0.102. The molecule has 0 unspecified atom stereocenters. The van der Waals surface area contributed by atoms with Crippen LogP contribution in [-0.4, -0.2) is 25.9 Å². The number of carbonyl (C=O) groups excluding carboxylic acids is 1. The van der Waals surface area contributed by atoms with Crippen molar-refractivity contribution >= 4 is 50.9 Å². The molecule has 6 nitrogen and oxygen atoms in total. The summed E-state index contributed by atoms with van der Waals surface area (Å²) in [6.45, 7) is 2.30. The Balaban J connectivity index is 1.81. The molecule has 1 amide bonds. The molecule has 0 spiro atoms. The van der Waals surface area contributed by atoms with E-state index in [1.54, 1.807) is 28.9 Å². The van der Waals surface area contributed by atoms with Gasteiger partial charge in [-0.25, -0.2) is 0 Å². The number of nitrogens with one attached hydrogen (secondary N) is 2. The topological polar surface area (TPSA) is 75.6 Å². The number of hydrogen-bond donors (Lipinski definition) is 2. The minimum Gasteiger partial charge on any atom is -0.304 e. The van der Waals surface area contributed by atoms with Gasteiger partial charge in [-0.15, -0.1) is 0 Å². The molecule has 9 heteroatoms. The first-order chi connectivity index (χ1) is 11.5. The molecular formula is C15H12BrCl2N5O. The summed E-state index contributed by atoms with van der Waals surface area (Å²) in [6.07, 6.45) is 1.51. The second kappa shape index (κ2) is 6.96. The Hall–Kier alpha value is -1.83. The van der Waals surface area contributed by atoms with E-state index in [1.807, 2.05) is 6.92 Å². The summed E-state index contributed by atoms with van der Waals surface area (Å²) in [7, 11) is 0. The minimum atomic E-state index is -0.334. The summed E-state index contributed by atoms with van der Waals surface area (Å²) in [4.78, 5) is 12.2. The van der Waals surface area contributed by atoms with E-state index in [4.69, 9.17) is 23.2 Å². The summed E-state index contributed by atoms with van der Waals surface area (Å²) in [5, 5.41) is 14.7. The van der Waals surface area contributed by atoms with Crippen molar-refractivity contribution in [1.82, 2.24) is 20.0 Å². The number of amides is 1. The lowest BCUT2D eigenvalue weighted by atomic mass is 10.2. The molecule has 2 aromatic heterocycles. The van der Waals surface area contributed by atoms with Crippen molar-refractivity contribution in [2.24, 2.45) is 0 Å². The monoisotopic (exact) mass is 427 g/mol. The molecule has 0 saturated heterocycles. The number of carbonyl (C=O) groups is 1. The molecule has 2 heterocycles. The average Bonchev–Trinajstić information content (AvgIpc) is 3.09. The summed E-state index contributed by atoms with van der Waals surface area (Å²) < 4.78 is 2.31. The summed E-state index contributed by atoms with van der Waals surface area (Å²) in [5.41, 5.74) is 1.97. The van der Waals surface area contributed by atoms with Gasteiger partial charge in [0.15, 0.2) is 5.82 Å². The Kier molecular flexibility index (Phi) is 4.93. The largest absolute Gasteiger partial charge is 0.304 e. The summed E-state index contributed by atoms with van der Waals surface area (Å²) in [5.74, 6) is 0.0991. The van der Waals surface area contributed by atoms with Crippen LogP contribution in [0.5, 0.6) is 0 Å². The number of hydrogen-bond acceptors (Lipinski definition) is 3. The predicted octanol–water partition coefficient (Wildman–Crippen LogP) is 4.28. The lowest BCUT2D eigenvalue weighted by Crippen LogP contribution is -2.14. The Bertz CT molecular complexity index is 885. The highest BCUT2D eigenvalue weighted by atomic mass is 79.9. The maximum atomic E-state index is 12.2. The Morgan fingerprint density at radius 2 is 2.08 bits per heavy atom. The smallest absolute Gasteiger partial charge is 0.276 e. The summed E-state index contributed by atoms with van der Waals surface area (Å²) in [6, 6.07) is 7.12. The molecule has 2 N–H and O–H groups in total. The van der Waals surface area contributed by atoms with Crippen LogP contribution in [0.25, 0.3) is 0 Å². The second-order valence-electron chi connectivity index (χ2n) is 5.08. The van der Waals surface area contributed by atoms with Crippen molar-refractivity contribution < 1.29 is 4.79 Å². The fraction of sp³-hybridized carbons (Fsp3) is 0.133. The predicted molar refractivity (Wildman–Crippen MR) is 96.8 cm³/mol. The van der Waals surface area contributed by atoms with Gasteiger partial charge in [-0.1, -0.05) is 29.3 Å². The zero-order valence-electron chi connectivity index (χ0n) is 12.5.